The molecule has 0 spiro atoms. The summed E-state index contributed by atoms with van der Waals surface area (Å²) in [6.07, 6.45) is 0.337. The van der Waals surface area contributed by atoms with Crippen LogP contribution in [0.15, 0.2) is 0 Å². The third-order valence-electron chi connectivity index (χ3n) is 1.20. The zero-order valence-electron chi connectivity index (χ0n) is 5.77. The second kappa shape index (κ2) is 3.00. The van der Waals surface area contributed by atoms with Crippen LogP contribution in [0.5, 0.6) is 5.88 Å². The largest absolute Gasteiger partial charge is 0.856 e. The van der Waals surface area contributed by atoms with Crippen LogP contribution in [-0.2, 0) is 6.42 Å². The Bertz CT molecular complexity index is 280. The van der Waals surface area contributed by atoms with E-state index in [4.69, 9.17) is 11.6 Å². The first-order chi connectivity index (χ1) is 5.15. The molecule has 0 radical (unpaired) electrons. The van der Waals surface area contributed by atoms with Crippen molar-refractivity contribution < 1.29 is 9.50 Å². The zero-order chi connectivity index (χ0) is 8.43. The fraction of sp³-hybridized carbons (Fsp3) is 0.333. The summed E-state index contributed by atoms with van der Waals surface area (Å²) in [7, 11) is 0. The molecule has 11 heavy (non-hydrogen) atoms. The lowest BCUT2D eigenvalue weighted by atomic mass is 10.3. The Morgan fingerprint density at radius 1 is 1.55 bits per heavy atom. The molecule has 0 amide bonds. The number of hydrogen-bond acceptors (Lipinski definition) is 3. The van der Waals surface area contributed by atoms with E-state index < -0.39 is 11.7 Å². The average molecular weight is 176 g/mol. The van der Waals surface area contributed by atoms with Gasteiger partial charge in [0.1, 0.15) is 0 Å². The van der Waals surface area contributed by atoms with Gasteiger partial charge in [-0.1, -0.05) is 6.92 Å². The van der Waals surface area contributed by atoms with Crippen LogP contribution in [0.4, 0.5) is 4.39 Å². The summed E-state index contributed by atoms with van der Waals surface area (Å²) in [4.78, 5) is 6.64. The van der Waals surface area contributed by atoms with Crippen LogP contribution in [0.2, 0.25) is 5.28 Å². The maximum Gasteiger partial charge on any atom is 0.222 e. The lowest BCUT2D eigenvalue weighted by Gasteiger charge is -2.07. The third kappa shape index (κ3) is 1.57. The second-order valence-electron chi connectivity index (χ2n) is 1.91. The first kappa shape index (κ1) is 8.20. The number of halogens is 2. The fourth-order valence-corrected chi connectivity index (χ4v) is 0.855. The molecule has 0 unspecified atom stereocenters. The Morgan fingerprint density at radius 3 is 2.73 bits per heavy atom. The Kier molecular flexibility index (Phi) is 2.24. The van der Waals surface area contributed by atoms with Crippen LogP contribution in [0, 0.1) is 5.82 Å². The van der Waals surface area contributed by atoms with Crippen LogP contribution in [0.25, 0.3) is 0 Å². The highest BCUT2D eigenvalue weighted by molar-refractivity contribution is 6.28. The minimum absolute atomic E-state index is 0.0648. The van der Waals surface area contributed by atoms with E-state index in [1.165, 1.54) is 0 Å². The van der Waals surface area contributed by atoms with E-state index in [1.54, 1.807) is 6.92 Å². The van der Waals surface area contributed by atoms with Gasteiger partial charge in [0.2, 0.25) is 5.28 Å². The van der Waals surface area contributed by atoms with Crippen molar-refractivity contribution in [1.82, 2.24) is 9.97 Å². The van der Waals surface area contributed by atoms with Crippen LogP contribution < -0.4 is 5.11 Å². The normalized spacial score (nSPS) is 10.1. The van der Waals surface area contributed by atoms with Gasteiger partial charge in [-0.05, 0) is 18.0 Å². The summed E-state index contributed by atoms with van der Waals surface area (Å²) in [6.45, 7) is 1.68. The highest BCUT2D eigenvalue weighted by Gasteiger charge is 2.04. The summed E-state index contributed by atoms with van der Waals surface area (Å²) in [5, 5.41) is 10.4. The van der Waals surface area contributed by atoms with Gasteiger partial charge in [0.25, 0.3) is 0 Å². The smallest absolute Gasteiger partial charge is 0.222 e. The van der Waals surface area contributed by atoms with Crippen LogP contribution in [-0.4, -0.2) is 9.97 Å². The molecule has 1 aromatic rings. The van der Waals surface area contributed by atoms with Crippen LogP contribution in [0.3, 0.4) is 0 Å². The molecule has 0 saturated carbocycles. The minimum atomic E-state index is -0.943. The zero-order valence-corrected chi connectivity index (χ0v) is 6.52. The van der Waals surface area contributed by atoms with Gasteiger partial charge in [0.15, 0.2) is 5.82 Å². The van der Waals surface area contributed by atoms with Gasteiger partial charge in [-0.2, -0.15) is 0 Å². The summed E-state index contributed by atoms with van der Waals surface area (Å²) < 4.78 is 12.7. The molecular weight excluding hydrogens is 171 g/mol. The van der Waals surface area contributed by atoms with Crippen molar-refractivity contribution in [3.63, 3.8) is 0 Å². The first-order valence-corrected chi connectivity index (χ1v) is 3.42. The van der Waals surface area contributed by atoms with E-state index in [9.17, 15) is 9.50 Å². The Labute approximate surface area is 67.9 Å². The van der Waals surface area contributed by atoms with Crippen LogP contribution >= 0.6 is 11.6 Å². The predicted molar refractivity (Wildman–Crippen MR) is 35.8 cm³/mol. The highest BCUT2D eigenvalue weighted by Crippen LogP contribution is 2.14. The van der Waals surface area contributed by atoms with Crippen molar-refractivity contribution in [2.45, 2.75) is 13.3 Å². The standard InChI is InChI=1S/C6H6ClFN2O/c1-2-3-4(8)5(11)10-6(7)9-3/h2H2,1H3,(H,9,10,11)/p-1. The molecule has 3 nitrogen and oxygen atoms in total. The van der Waals surface area contributed by atoms with Crippen molar-refractivity contribution >= 4 is 11.6 Å². The second-order valence-corrected chi connectivity index (χ2v) is 2.25. The monoisotopic (exact) mass is 175 g/mol. The SMILES string of the molecule is CCc1nc(Cl)nc([O-])c1F. The van der Waals surface area contributed by atoms with Gasteiger partial charge in [-0.25, -0.2) is 14.4 Å². The predicted octanol–water partition coefficient (Wildman–Crippen LogP) is 0.905. The molecule has 0 atom stereocenters. The molecule has 0 fully saturated rings. The van der Waals surface area contributed by atoms with Crippen molar-refractivity contribution in [2.75, 3.05) is 0 Å². The Balaban J connectivity index is 3.24. The molecule has 5 heteroatoms. The van der Waals surface area contributed by atoms with Gasteiger partial charge in [-0.3, -0.25) is 0 Å². The number of hydrogen-bond donors (Lipinski definition) is 0. The number of aromatic nitrogens is 2. The van der Waals surface area contributed by atoms with E-state index in [0.717, 1.165) is 0 Å². The molecule has 0 saturated heterocycles. The molecular formula is C6H5ClFN2O-. The fourth-order valence-electron chi connectivity index (χ4n) is 0.676. The van der Waals surface area contributed by atoms with Crippen molar-refractivity contribution in [2.24, 2.45) is 0 Å². The molecule has 0 aliphatic rings. The topological polar surface area (TPSA) is 48.8 Å². The van der Waals surface area contributed by atoms with Crippen molar-refractivity contribution in [3.8, 4) is 5.88 Å². The lowest BCUT2D eigenvalue weighted by molar-refractivity contribution is -0.279. The first-order valence-electron chi connectivity index (χ1n) is 3.04. The summed E-state index contributed by atoms with van der Waals surface area (Å²) in [5.74, 6) is -1.85. The van der Waals surface area contributed by atoms with Gasteiger partial charge < -0.3 is 5.11 Å². The van der Waals surface area contributed by atoms with Crippen molar-refractivity contribution in [3.05, 3.63) is 16.8 Å². The number of rotatable bonds is 1. The van der Waals surface area contributed by atoms with E-state index in [0.29, 0.717) is 6.42 Å². The minimum Gasteiger partial charge on any atom is -0.856 e. The summed E-state index contributed by atoms with van der Waals surface area (Å²) in [5.41, 5.74) is 0.0648. The molecule has 60 valence electrons. The van der Waals surface area contributed by atoms with Gasteiger partial charge in [0, 0.05) is 5.88 Å². The average Bonchev–Trinajstić information content (AvgIpc) is 1.96. The molecule has 0 bridgehead atoms. The molecule has 1 aromatic heterocycles. The molecule has 0 N–H and O–H groups in total. The molecule has 0 aliphatic heterocycles. The number of nitrogens with zero attached hydrogens (tertiary/aromatic N) is 2. The maximum absolute atomic E-state index is 12.7. The van der Waals surface area contributed by atoms with E-state index in [-0.39, 0.29) is 11.0 Å². The van der Waals surface area contributed by atoms with E-state index in [2.05, 4.69) is 9.97 Å². The summed E-state index contributed by atoms with van der Waals surface area (Å²) in [6, 6.07) is 0. The summed E-state index contributed by atoms with van der Waals surface area (Å²) >= 11 is 5.31. The quantitative estimate of drug-likeness (QED) is 0.596. The van der Waals surface area contributed by atoms with Gasteiger partial charge in [-0.15, -0.1) is 0 Å². The Morgan fingerprint density at radius 2 is 2.18 bits per heavy atom. The van der Waals surface area contributed by atoms with Crippen molar-refractivity contribution in [1.29, 1.82) is 0 Å². The van der Waals surface area contributed by atoms with Gasteiger partial charge >= 0.3 is 0 Å². The third-order valence-corrected chi connectivity index (χ3v) is 1.37. The molecule has 0 aliphatic carbocycles. The van der Waals surface area contributed by atoms with Gasteiger partial charge in [0.05, 0.1) is 5.69 Å². The number of aryl methyl sites for hydroxylation is 1. The van der Waals surface area contributed by atoms with Crippen LogP contribution in [0.1, 0.15) is 12.6 Å². The highest BCUT2D eigenvalue weighted by atomic mass is 35.5. The molecule has 1 heterocycles. The molecule has 0 aromatic carbocycles. The Hall–Kier alpha value is -0.900. The maximum atomic E-state index is 12.7. The molecule has 1 rings (SSSR count). The van der Waals surface area contributed by atoms with E-state index in [1.807, 2.05) is 0 Å². The lowest BCUT2D eigenvalue weighted by Crippen LogP contribution is -2.04. The van der Waals surface area contributed by atoms with E-state index >= 15 is 0 Å².